The number of methoxy groups -OCH3 is 1. The van der Waals surface area contributed by atoms with Gasteiger partial charge in [0.05, 0.1) is 30.6 Å². The summed E-state index contributed by atoms with van der Waals surface area (Å²) >= 11 is 5.86. The molecule has 5 rings (SSSR count). The van der Waals surface area contributed by atoms with Gasteiger partial charge in [0.15, 0.2) is 5.11 Å². The zero-order valence-corrected chi connectivity index (χ0v) is 20.9. The van der Waals surface area contributed by atoms with Crippen LogP contribution in [0, 0.1) is 0 Å². The van der Waals surface area contributed by atoms with Crippen LogP contribution in [-0.2, 0) is 4.79 Å². The third-order valence-corrected chi connectivity index (χ3v) is 7.30. The number of aromatic nitrogens is 2. The fourth-order valence-corrected chi connectivity index (χ4v) is 5.52. The molecule has 3 aromatic rings. The molecule has 1 aromatic carbocycles. The van der Waals surface area contributed by atoms with E-state index in [-0.39, 0.29) is 18.0 Å². The van der Waals surface area contributed by atoms with E-state index in [1.54, 1.807) is 7.11 Å². The topological polar surface area (TPSA) is 71.4 Å². The minimum absolute atomic E-state index is 0.0595. The molecule has 1 saturated heterocycles. The van der Waals surface area contributed by atoms with E-state index < -0.39 is 0 Å². The molecule has 0 bridgehead atoms. The minimum Gasteiger partial charge on any atom is -0.494 e. The van der Waals surface area contributed by atoms with Gasteiger partial charge in [-0.15, -0.1) is 0 Å². The van der Waals surface area contributed by atoms with Gasteiger partial charge in [0.25, 0.3) is 0 Å². The van der Waals surface area contributed by atoms with Gasteiger partial charge in [0.1, 0.15) is 5.75 Å². The number of thiocarbonyl (C=S) groups is 1. The molecular formula is C27H31N5O2S. The maximum atomic E-state index is 12.0. The van der Waals surface area contributed by atoms with Crippen LogP contribution in [-0.4, -0.2) is 27.7 Å². The first-order valence-corrected chi connectivity index (χ1v) is 12.7. The third kappa shape index (κ3) is 4.62. The Morgan fingerprint density at radius 2 is 2.06 bits per heavy atom. The van der Waals surface area contributed by atoms with Crippen LogP contribution in [0.1, 0.15) is 68.4 Å². The molecule has 1 aliphatic heterocycles. The van der Waals surface area contributed by atoms with Crippen molar-refractivity contribution in [1.29, 1.82) is 0 Å². The molecule has 2 atom stereocenters. The smallest absolute Gasteiger partial charge is 0.224 e. The van der Waals surface area contributed by atoms with Gasteiger partial charge in [-0.05, 0) is 61.0 Å². The molecule has 0 spiro atoms. The summed E-state index contributed by atoms with van der Waals surface area (Å²) in [6, 6.07) is 14.3. The zero-order chi connectivity index (χ0) is 24.4. The van der Waals surface area contributed by atoms with Crippen molar-refractivity contribution in [2.24, 2.45) is 0 Å². The number of nitrogens with one attached hydrogen (secondary N) is 2. The Balaban J connectivity index is 1.54. The first kappa shape index (κ1) is 23.4. The van der Waals surface area contributed by atoms with Gasteiger partial charge in [0.2, 0.25) is 5.91 Å². The molecule has 2 N–H and O–H groups in total. The first-order chi connectivity index (χ1) is 17.1. The fraction of sp³-hybridized carbons (Fsp3) is 0.370. The molecule has 2 aliphatic rings. The van der Waals surface area contributed by atoms with Crippen LogP contribution in [0.25, 0.3) is 0 Å². The zero-order valence-electron chi connectivity index (χ0n) is 20.1. The summed E-state index contributed by atoms with van der Waals surface area (Å²) in [6.07, 6.45) is 11.7. The summed E-state index contributed by atoms with van der Waals surface area (Å²) in [6.45, 7) is 1.82. The lowest BCUT2D eigenvalue weighted by Crippen LogP contribution is -2.29. The number of benzene rings is 1. The van der Waals surface area contributed by atoms with Crippen LogP contribution in [0.4, 0.5) is 11.4 Å². The number of amides is 1. The van der Waals surface area contributed by atoms with Gasteiger partial charge in [-0.2, -0.15) is 0 Å². The quantitative estimate of drug-likeness (QED) is 0.425. The van der Waals surface area contributed by atoms with Crippen molar-refractivity contribution in [1.82, 2.24) is 14.9 Å². The number of rotatable bonds is 7. The predicted octanol–water partition coefficient (Wildman–Crippen LogP) is 5.53. The number of nitrogens with zero attached hydrogens (tertiary/aromatic N) is 3. The summed E-state index contributed by atoms with van der Waals surface area (Å²) in [5.41, 5.74) is 3.66. The second-order valence-corrected chi connectivity index (χ2v) is 9.50. The Kier molecular flexibility index (Phi) is 6.72. The van der Waals surface area contributed by atoms with E-state index in [0.717, 1.165) is 11.4 Å². The minimum atomic E-state index is -0.103. The molecule has 1 aliphatic carbocycles. The standard InChI is InChI=1S/C27H31N5O2S/c1-3-24(33)29-21-12-11-20(16-23(21)34-2)32-26(18-13-15-31(17-18)19-8-4-5-9-19)25(30-27(32)35)22-10-6-7-14-28-22/h6-7,10-17,19,25-26H,3-5,8-9H2,1-2H3,(H,29,33)(H,30,35)/t25-,26-/m1/s1. The Morgan fingerprint density at radius 1 is 1.23 bits per heavy atom. The lowest BCUT2D eigenvalue weighted by molar-refractivity contribution is -0.115. The summed E-state index contributed by atoms with van der Waals surface area (Å²) in [7, 11) is 1.61. The number of carbonyl (C=O) groups excluding carboxylic acids is 1. The summed E-state index contributed by atoms with van der Waals surface area (Å²) in [5, 5.41) is 7.05. The van der Waals surface area contributed by atoms with E-state index in [1.807, 2.05) is 49.5 Å². The van der Waals surface area contributed by atoms with E-state index >= 15 is 0 Å². The second-order valence-electron chi connectivity index (χ2n) is 9.11. The molecule has 8 heteroatoms. The molecule has 1 amide bonds. The number of hydrogen-bond acceptors (Lipinski definition) is 4. The monoisotopic (exact) mass is 489 g/mol. The van der Waals surface area contributed by atoms with Gasteiger partial charge in [-0.1, -0.05) is 25.8 Å². The molecule has 2 fully saturated rings. The molecule has 182 valence electrons. The number of pyridine rings is 1. The van der Waals surface area contributed by atoms with Gasteiger partial charge in [-0.3, -0.25) is 9.78 Å². The van der Waals surface area contributed by atoms with Crippen molar-refractivity contribution in [2.75, 3.05) is 17.3 Å². The molecule has 1 saturated carbocycles. The second kappa shape index (κ2) is 10.1. The van der Waals surface area contributed by atoms with Gasteiger partial charge >= 0.3 is 0 Å². The van der Waals surface area contributed by atoms with E-state index in [9.17, 15) is 4.79 Å². The maximum Gasteiger partial charge on any atom is 0.224 e. The van der Waals surface area contributed by atoms with Crippen molar-refractivity contribution >= 4 is 34.6 Å². The van der Waals surface area contributed by atoms with Crippen molar-refractivity contribution < 1.29 is 9.53 Å². The highest BCUT2D eigenvalue weighted by atomic mass is 32.1. The molecule has 0 radical (unpaired) electrons. The molecule has 2 aromatic heterocycles. The largest absolute Gasteiger partial charge is 0.494 e. The third-order valence-electron chi connectivity index (χ3n) is 6.98. The SMILES string of the molecule is CCC(=O)Nc1ccc(N2C(=S)N[C@H](c3ccccn3)[C@H]2c2ccn(C3CCCC3)c2)cc1OC. The van der Waals surface area contributed by atoms with E-state index in [4.69, 9.17) is 17.0 Å². The van der Waals surface area contributed by atoms with Crippen LogP contribution in [0.15, 0.2) is 61.1 Å². The highest BCUT2D eigenvalue weighted by Crippen LogP contribution is 2.44. The van der Waals surface area contributed by atoms with Crippen LogP contribution in [0.5, 0.6) is 5.75 Å². The molecule has 0 unspecified atom stereocenters. The van der Waals surface area contributed by atoms with Crippen LogP contribution < -0.4 is 20.3 Å². The van der Waals surface area contributed by atoms with Gasteiger partial charge in [-0.25, -0.2) is 0 Å². The van der Waals surface area contributed by atoms with Crippen LogP contribution in [0.3, 0.4) is 0 Å². The van der Waals surface area contributed by atoms with E-state index in [1.165, 1.54) is 31.2 Å². The van der Waals surface area contributed by atoms with Crippen molar-refractivity contribution in [3.8, 4) is 5.75 Å². The van der Waals surface area contributed by atoms with Gasteiger partial charge < -0.3 is 24.8 Å². The fourth-order valence-electron chi connectivity index (χ4n) is 5.18. The Morgan fingerprint density at radius 3 is 2.77 bits per heavy atom. The molecular weight excluding hydrogens is 458 g/mol. The van der Waals surface area contributed by atoms with Crippen LogP contribution >= 0.6 is 12.2 Å². The van der Waals surface area contributed by atoms with Crippen molar-refractivity contribution in [3.63, 3.8) is 0 Å². The first-order valence-electron chi connectivity index (χ1n) is 12.2. The van der Waals surface area contributed by atoms with Crippen molar-refractivity contribution in [2.45, 2.75) is 57.2 Å². The highest BCUT2D eigenvalue weighted by molar-refractivity contribution is 7.80. The Labute approximate surface area is 211 Å². The molecule has 3 heterocycles. The lowest BCUT2D eigenvalue weighted by atomic mass is 9.98. The summed E-state index contributed by atoms with van der Waals surface area (Å²) < 4.78 is 7.99. The Bertz CT molecular complexity index is 1210. The average Bonchev–Trinajstić information content (AvgIpc) is 3.64. The number of hydrogen-bond donors (Lipinski definition) is 2. The lowest BCUT2D eigenvalue weighted by Gasteiger charge is -2.28. The van der Waals surface area contributed by atoms with E-state index in [2.05, 4.69) is 43.5 Å². The van der Waals surface area contributed by atoms with Crippen LogP contribution in [0.2, 0.25) is 0 Å². The number of anilines is 2. The molecule has 35 heavy (non-hydrogen) atoms. The number of carbonyl (C=O) groups is 1. The van der Waals surface area contributed by atoms with Gasteiger partial charge in [0, 0.05) is 42.8 Å². The predicted molar refractivity (Wildman–Crippen MR) is 142 cm³/mol. The molecule has 7 nitrogen and oxygen atoms in total. The summed E-state index contributed by atoms with van der Waals surface area (Å²) in [4.78, 5) is 18.8. The van der Waals surface area contributed by atoms with Crippen molar-refractivity contribution in [3.05, 3.63) is 72.3 Å². The maximum absolute atomic E-state index is 12.0. The highest BCUT2D eigenvalue weighted by Gasteiger charge is 2.41. The normalized spacial score (nSPS) is 20.2. The van der Waals surface area contributed by atoms with E-state index in [0.29, 0.717) is 29.0 Å². The average molecular weight is 490 g/mol. The summed E-state index contributed by atoms with van der Waals surface area (Å²) in [5.74, 6) is 0.534. The number of ether oxygens (including phenoxy) is 1. The Hall–Kier alpha value is -3.39.